The highest BCUT2D eigenvalue weighted by atomic mass is 32.2. The average Bonchev–Trinajstić information content (AvgIpc) is 1.67. The van der Waals surface area contributed by atoms with E-state index in [1.54, 1.807) is 24.3 Å². The Hall–Kier alpha value is -7.97. The third-order valence-electron chi connectivity index (χ3n) is 12.2. The number of hydrogen-bond donors (Lipinski definition) is 0. The van der Waals surface area contributed by atoms with Crippen LogP contribution in [0, 0.1) is 21.3 Å². The van der Waals surface area contributed by atoms with Crippen LogP contribution in [0.3, 0.4) is 0 Å². The van der Waals surface area contributed by atoms with Gasteiger partial charge < -0.3 is 0 Å². The van der Waals surface area contributed by atoms with Crippen LogP contribution in [0.25, 0.3) is 0 Å². The lowest BCUT2D eigenvalue weighted by molar-refractivity contribution is -0.384. The Morgan fingerprint density at radius 1 is 0.373 bits per heavy atom. The quantitative estimate of drug-likeness (QED) is 0.0380. The number of nitrogens with zero attached hydrogens (tertiary/aromatic N) is 1. The van der Waals surface area contributed by atoms with Gasteiger partial charge in [-0.1, -0.05) is 89.1 Å². The first-order valence-electron chi connectivity index (χ1n) is 22.6. The molecule has 0 heterocycles. The van der Waals surface area contributed by atoms with E-state index in [2.05, 4.69) is 11.2 Å². The first-order valence-corrected chi connectivity index (χ1v) is 24.3. The third kappa shape index (κ3) is 15.2. The molecule has 0 spiro atoms. The zero-order valence-corrected chi connectivity index (χ0v) is 41.3. The van der Waals surface area contributed by atoms with Crippen molar-refractivity contribution >= 4 is 43.6 Å². The van der Waals surface area contributed by atoms with Crippen LogP contribution in [0.1, 0.15) is 55.6 Å². The topological polar surface area (TPSA) is 60.2 Å². The number of alkyl halides is 24. The van der Waals surface area contributed by atoms with Crippen LogP contribution in [0.15, 0.2) is 163 Å². The zero-order valence-electron chi connectivity index (χ0n) is 40.4. The predicted octanol–water partition coefficient (Wildman–Crippen LogP) is 15.9. The lowest BCUT2D eigenvalue weighted by Crippen LogP contribution is -2.75. The molecule has 83 heavy (non-hydrogen) atoms. The van der Waals surface area contributed by atoms with E-state index in [4.69, 9.17) is 0 Å². The monoisotopic (exact) mass is 1230 g/mol. The van der Waals surface area contributed by atoms with Crippen molar-refractivity contribution in [1.82, 2.24) is 0 Å². The third-order valence-corrected chi connectivity index (χ3v) is 14.4. The van der Waals surface area contributed by atoms with Gasteiger partial charge in [0.2, 0.25) is 0 Å². The highest BCUT2D eigenvalue weighted by Gasteiger charge is 2.47. The molecule has 0 fully saturated rings. The van der Waals surface area contributed by atoms with Crippen molar-refractivity contribution in [3.63, 3.8) is 0 Å². The van der Waals surface area contributed by atoms with Gasteiger partial charge in [-0.2, -0.15) is 127 Å². The fourth-order valence-corrected chi connectivity index (χ4v) is 10.4. The van der Waals surface area contributed by atoms with E-state index in [0.29, 0.717) is 4.90 Å². The van der Waals surface area contributed by atoms with Gasteiger partial charge in [-0.25, -0.2) is 0 Å². The molecular formula is C53H28BF24NO3S. The summed E-state index contributed by atoms with van der Waals surface area (Å²) in [6.45, 7) is 0. The van der Waals surface area contributed by atoms with Gasteiger partial charge in [-0.3, -0.25) is 10.1 Å². The Morgan fingerprint density at radius 2 is 0.627 bits per heavy atom. The van der Waals surface area contributed by atoms with Crippen LogP contribution in [-0.2, 0) is 69.3 Å². The van der Waals surface area contributed by atoms with Crippen molar-refractivity contribution in [3.8, 4) is 11.2 Å². The molecule has 7 rings (SSSR count). The average molecular weight is 1230 g/mol. The molecule has 0 saturated heterocycles. The predicted molar refractivity (Wildman–Crippen MR) is 253 cm³/mol. The summed E-state index contributed by atoms with van der Waals surface area (Å²) in [6.07, 6.45) is -54.8. The van der Waals surface area contributed by atoms with Crippen molar-refractivity contribution < 1.29 is 115 Å². The maximum atomic E-state index is 14.2. The number of benzene rings is 7. The highest BCUT2D eigenvalue weighted by Crippen LogP contribution is 2.42. The molecule has 30 heteroatoms. The molecule has 0 radical (unpaired) electrons. The van der Waals surface area contributed by atoms with E-state index in [-0.39, 0.29) is 11.4 Å². The molecule has 4 nitrogen and oxygen atoms in total. The summed E-state index contributed by atoms with van der Waals surface area (Å²) < 4.78 is 354. The van der Waals surface area contributed by atoms with Gasteiger partial charge in [0.1, 0.15) is 6.15 Å². The highest BCUT2D eigenvalue weighted by molar-refractivity contribution is 8.06. The standard InChI is InChI=1S/C32H12BF24.C21H16NO3S/c34-25(35,36)13-1-14(26(37,38)39)6-21(5-13)33(22-7-15(27(40,41)42)2-16(8-22)28(43,44)45,23-9-17(29(46,47)48)3-18(10-23)30(49,50)51)24-11-19(31(52,53)54)4-20(12-24)32(55,56)57;23-22(24)20-13-11-19(12-14-20)17-26(25,21-9-5-2-6-10-21)16-15-18-7-3-1-4-8-18/h1-12H;1-14H,17H2/q-1;+1. The number of non-ortho nitro benzene ring substituents is 1. The molecule has 0 amide bonds. The molecule has 0 N–H and O–H groups in total. The fourth-order valence-electron chi connectivity index (χ4n) is 8.50. The minimum atomic E-state index is -6.13. The Labute approximate surface area is 451 Å². The lowest BCUT2D eigenvalue weighted by Gasteiger charge is -2.46. The van der Waals surface area contributed by atoms with Crippen molar-refractivity contribution in [2.75, 3.05) is 0 Å². The van der Waals surface area contributed by atoms with Crippen LogP contribution in [0.2, 0.25) is 0 Å². The van der Waals surface area contributed by atoms with Gasteiger partial charge in [0.25, 0.3) is 5.69 Å². The van der Waals surface area contributed by atoms with Crippen LogP contribution in [0.5, 0.6) is 0 Å². The van der Waals surface area contributed by atoms with Crippen molar-refractivity contribution in [1.29, 1.82) is 0 Å². The molecule has 7 aromatic rings. The molecule has 0 aliphatic rings. The number of nitro benzene ring substituents is 1. The van der Waals surface area contributed by atoms with Crippen LogP contribution < -0.4 is 21.9 Å². The first-order chi connectivity index (χ1) is 37.8. The first kappa shape index (κ1) is 64.2. The van der Waals surface area contributed by atoms with E-state index in [1.807, 2.05) is 48.5 Å². The molecule has 1 atom stereocenters. The van der Waals surface area contributed by atoms with Gasteiger partial charge in [0.05, 0.1) is 49.4 Å². The summed E-state index contributed by atoms with van der Waals surface area (Å²) in [5, 5.41) is 13.8. The van der Waals surface area contributed by atoms with Crippen LogP contribution in [0.4, 0.5) is 111 Å². The molecule has 440 valence electrons. The Morgan fingerprint density at radius 3 is 0.867 bits per heavy atom. The second-order valence-corrected chi connectivity index (χ2v) is 20.2. The van der Waals surface area contributed by atoms with Crippen molar-refractivity contribution in [2.45, 2.75) is 60.1 Å². The minimum Gasteiger partial charge on any atom is -0.258 e. The van der Waals surface area contributed by atoms with E-state index in [0.717, 1.165) is 11.1 Å². The number of rotatable bonds is 8. The van der Waals surface area contributed by atoms with Gasteiger partial charge in [0.15, 0.2) is 25.8 Å². The lowest BCUT2D eigenvalue weighted by atomic mass is 9.12. The van der Waals surface area contributed by atoms with Crippen molar-refractivity contribution in [2.24, 2.45) is 0 Å². The molecule has 0 bridgehead atoms. The molecule has 7 aromatic carbocycles. The maximum Gasteiger partial charge on any atom is 0.416 e. The number of halogens is 24. The largest absolute Gasteiger partial charge is 0.416 e. The summed E-state index contributed by atoms with van der Waals surface area (Å²) in [4.78, 5) is 11.0. The van der Waals surface area contributed by atoms with Gasteiger partial charge in [0, 0.05) is 23.3 Å². The van der Waals surface area contributed by atoms with E-state index < -0.39 is 210 Å². The molecule has 1 unspecified atom stereocenters. The second-order valence-electron chi connectivity index (χ2n) is 17.9. The molecule has 0 aliphatic heterocycles. The summed E-state index contributed by atoms with van der Waals surface area (Å²) in [5.41, 5.74) is -28.7. The van der Waals surface area contributed by atoms with E-state index in [9.17, 15) is 120 Å². The summed E-state index contributed by atoms with van der Waals surface area (Å²) in [5.74, 6) is 3.20. The zero-order chi connectivity index (χ0) is 62.3. The summed E-state index contributed by atoms with van der Waals surface area (Å²) >= 11 is 0. The van der Waals surface area contributed by atoms with Gasteiger partial charge >= 0.3 is 49.4 Å². The Kier molecular flexibility index (Phi) is 17.5. The molecule has 0 aliphatic carbocycles. The minimum absolute atomic E-state index is 0.00956. The smallest absolute Gasteiger partial charge is 0.258 e. The molecule has 0 aromatic heterocycles. The Bertz CT molecular complexity index is 3170. The Balaban J connectivity index is 0.000000352. The van der Waals surface area contributed by atoms with Gasteiger partial charge in [-0.05, 0) is 66.6 Å². The molecule has 0 saturated carbocycles. The number of nitro groups is 1. The van der Waals surface area contributed by atoms with Gasteiger partial charge in [-0.15, -0.1) is 0 Å². The van der Waals surface area contributed by atoms with Crippen LogP contribution >= 0.6 is 0 Å². The summed E-state index contributed by atoms with van der Waals surface area (Å²) in [7, 11) is -2.68. The summed E-state index contributed by atoms with van der Waals surface area (Å²) in [6, 6.07) is 15.8. The van der Waals surface area contributed by atoms with E-state index >= 15 is 0 Å². The maximum absolute atomic E-state index is 14.2. The molecular weight excluding hydrogens is 1200 g/mol. The van der Waals surface area contributed by atoms with Crippen molar-refractivity contribution in [3.05, 3.63) is 223 Å². The SMILES string of the molecule is FC(F)(F)c1cc([B-](c2cc(C(F)(F)F)cc(C(F)(F)F)c2)(c2cc(C(F)(F)F)cc(C(F)(F)F)c2)c2cc(C(F)(F)F)cc(C(F)(F)F)c2)cc(C(F)(F)F)c1.O=[N+]([O-])c1ccc(C[S+](=O)(C#Cc2ccccc2)c2ccccc2)cc1. The fraction of sp³-hybridized carbons (Fsp3) is 0.170. The second kappa shape index (κ2) is 22.7. The normalized spacial score (nSPS) is 13.7. The number of hydrogen-bond acceptors (Lipinski definition) is 3. The van der Waals surface area contributed by atoms with Crippen LogP contribution in [-0.4, -0.2) is 11.1 Å². The van der Waals surface area contributed by atoms with E-state index in [1.165, 1.54) is 12.1 Å².